The quantitative estimate of drug-likeness (QED) is 0.482. The number of carbonyl (C=O) groups excluding carboxylic acids is 1. The minimum atomic E-state index is -0.641. The fourth-order valence-corrected chi connectivity index (χ4v) is 3.94. The molecule has 0 unspecified atom stereocenters. The predicted octanol–water partition coefficient (Wildman–Crippen LogP) is 3.15. The zero-order valence-electron chi connectivity index (χ0n) is 16.1. The lowest BCUT2D eigenvalue weighted by molar-refractivity contribution is 0.102. The summed E-state index contributed by atoms with van der Waals surface area (Å²) < 4.78 is 5.07. The third-order valence-corrected chi connectivity index (χ3v) is 5.96. The number of H-pyrrole nitrogens is 2. The Morgan fingerprint density at radius 3 is 2.80 bits per heavy atom. The van der Waals surface area contributed by atoms with Crippen LogP contribution in [-0.2, 0) is 0 Å². The largest absolute Gasteiger partial charge is 0.434 e. The molecule has 0 radical (unpaired) electrons. The van der Waals surface area contributed by atoms with E-state index in [1.807, 2.05) is 0 Å². The average Bonchev–Trinajstić information content (AvgIpc) is 3.27. The maximum absolute atomic E-state index is 12.9. The molecule has 30 heavy (non-hydrogen) atoms. The number of hydrogen-bond acceptors (Lipinski definition) is 6. The van der Waals surface area contributed by atoms with Crippen LogP contribution in [0, 0.1) is 6.92 Å². The van der Waals surface area contributed by atoms with Crippen LogP contribution >= 0.6 is 23.2 Å². The molecule has 3 heterocycles. The van der Waals surface area contributed by atoms with Crippen molar-refractivity contribution in [1.82, 2.24) is 15.2 Å². The summed E-state index contributed by atoms with van der Waals surface area (Å²) in [5.74, 6) is -0.899. The first-order chi connectivity index (χ1) is 14.3. The van der Waals surface area contributed by atoms with Gasteiger partial charge in [-0.3, -0.25) is 4.79 Å². The van der Waals surface area contributed by atoms with Crippen molar-refractivity contribution in [2.45, 2.75) is 25.8 Å². The van der Waals surface area contributed by atoms with E-state index in [0.29, 0.717) is 28.5 Å². The molecule has 1 aliphatic rings. The molecule has 1 atom stereocenters. The van der Waals surface area contributed by atoms with Crippen LogP contribution in [0.1, 0.15) is 29.0 Å². The summed E-state index contributed by atoms with van der Waals surface area (Å²) >= 11 is 12.3. The van der Waals surface area contributed by atoms with Gasteiger partial charge >= 0.3 is 5.76 Å². The van der Waals surface area contributed by atoms with Crippen molar-refractivity contribution in [3.63, 3.8) is 0 Å². The number of nitrogens with zero attached hydrogens (tertiary/aromatic N) is 2. The van der Waals surface area contributed by atoms with Crippen LogP contribution in [-0.4, -0.2) is 40.2 Å². The van der Waals surface area contributed by atoms with Gasteiger partial charge in [-0.2, -0.15) is 0 Å². The second-order valence-corrected chi connectivity index (χ2v) is 7.96. The van der Waals surface area contributed by atoms with E-state index in [-0.39, 0.29) is 22.6 Å². The minimum Gasteiger partial charge on any atom is -0.388 e. The molecule has 0 saturated carbocycles. The van der Waals surface area contributed by atoms with Crippen molar-refractivity contribution in [2.24, 2.45) is 5.73 Å². The summed E-state index contributed by atoms with van der Waals surface area (Å²) in [7, 11) is 0. The van der Waals surface area contributed by atoms with Gasteiger partial charge in [-0.1, -0.05) is 23.2 Å². The topological polar surface area (TPSA) is 133 Å². The van der Waals surface area contributed by atoms with Crippen LogP contribution in [0.25, 0.3) is 11.5 Å². The van der Waals surface area contributed by atoms with E-state index in [1.165, 1.54) is 0 Å². The van der Waals surface area contributed by atoms with Crippen molar-refractivity contribution in [3.8, 4) is 11.5 Å². The molecule has 1 fully saturated rings. The Kier molecular flexibility index (Phi) is 5.59. The van der Waals surface area contributed by atoms with Crippen molar-refractivity contribution < 1.29 is 9.21 Å². The second kappa shape index (κ2) is 8.17. The van der Waals surface area contributed by atoms with E-state index >= 15 is 0 Å². The number of amides is 1. The first-order valence-corrected chi connectivity index (χ1v) is 10.1. The second-order valence-electron chi connectivity index (χ2n) is 7.21. The highest BCUT2D eigenvalue weighted by Crippen LogP contribution is 2.34. The number of piperidine rings is 1. The summed E-state index contributed by atoms with van der Waals surface area (Å²) in [6.07, 6.45) is 1.86. The van der Waals surface area contributed by atoms with Gasteiger partial charge in [0.2, 0.25) is 5.89 Å². The molecule has 1 saturated heterocycles. The molecule has 1 aliphatic heterocycles. The number of aryl methyl sites for hydroxylation is 1. The smallest absolute Gasteiger partial charge is 0.388 e. The number of nitrogens with one attached hydrogen (secondary N) is 3. The van der Waals surface area contributed by atoms with Crippen molar-refractivity contribution in [2.75, 3.05) is 23.3 Å². The lowest BCUT2D eigenvalue weighted by Gasteiger charge is -2.34. The van der Waals surface area contributed by atoms with E-state index < -0.39 is 11.7 Å². The average molecular weight is 451 g/mol. The molecular formula is C19H20Cl2N6O3. The highest BCUT2D eigenvalue weighted by molar-refractivity contribution is 6.44. The molecule has 4 rings (SSSR count). The first-order valence-electron chi connectivity index (χ1n) is 9.39. The molecule has 5 N–H and O–H groups in total. The van der Waals surface area contributed by atoms with Gasteiger partial charge < -0.3 is 25.4 Å². The standard InChI is InChI=1S/C19H20Cl2N6O3/c1-9-14(20)15(21)16(23-9)17(28)24-12-5-4-10(18-25-26-19(29)30-18)7-13(12)27-6-2-3-11(22)8-27/h4-5,7,11,23H,2-3,6,8,22H2,1H3,(H,24,28)(H,26,29)/t11-/m0/s1. The fraction of sp³-hybridized carbons (Fsp3) is 0.316. The van der Waals surface area contributed by atoms with E-state index in [2.05, 4.69) is 25.4 Å². The Bertz CT molecular complexity index is 1150. The number of rotatable bonds is 4. The molecule has 1 amide bonds. The minimum absolute atomic E-state index is 0.0218. The number of carbonyl (C=O) groups is 1. The van der Waals surface area contributed by atoms with E-state index in [1.54, 1.807) is 25.1 Å². The molecule has 158 valence electrons. The van der Waals surface area contributed by atoms with Gasteiger partial charge in [0.05, 0.1) is 21.4 Å². The summed E-state index contributed by atoms with van der Waals surface area (Å²) in [6, 6.07) is 5.26. The SMILES string of the molecule is Cc1[nH]c(C(=O)Nc2ccc(-c3n[nH]c(=O)o3)cc2N2CCC[C@H](N)C2)c(Cl)c1Cl. The van der Waals surface area contributed by atoms with Crippen molar-refractivity contribution in [3.05, 3.63) is 50.2 Å². The van der Waals surface area contributed by atoms with Gasteiger partial charge in [-0.15, -0.1) is 5.10 Å². The molecular weight excluding hydrogens is 431 g/mol. The molecule has 9 nitrogen and oxygen atoms in total. The van der Waals surface area contributed by atoms with Gasteiger partial charge in [-0.25, -0.2) is 9.89 Å². The van der Waals surface area contributed by atoms with Crippen molar-refractivity contribution in [1.29, 1.82) is 0 Å². The van der Waals surface area contributed by atoms with Gasteiger partial charge in [0, 0.05) is 30.4 Å². The van der Waals surface area contributed by atoms with Gasteiger partial charge in [0.1, 0.15) is 5.69 Å². The number of halogens is 2. The normalized spacial score (nSPS) is 16.7. The number of aromatic nitrogens is 3. The van der Waals surface area contributed by atoms with Crippen LogP contribution in [0.2, 0.25) is 10.0 Å². The first kappa shape index (κ1) is 20.5. The maximum Gasteiger partial charge on any atom is 0.434 e. The van der Waals surface area contributed by atoms with Crippen LogP contribution in [0.15, 0.2) is 27.4 Å². The lowest BCUT2D eigenvalue weighted by atomic mass is 10.0. The summed E-state index contributed by atoms with van der Waals surface area (Å²) in [6.45, 7) is 3.14. The maximum atomic E-state index is 12.9. The van der Waals surface area contributed by atoms with Crippen molar-refractivity contribution >= 4 is 40.5 Å². The molecule has 11 heteroatoms. The monoisotopic (exact) mass is 450 g/mol. The number of nitrogens with two attached hydrogens (primary N) is 1. The summed E-state index contributed by atoms with van der Waals surface area (Å²) in [5, 5.41) is 9.50. The molecule has 0 spiro atoms. The van der Waals surface area contributed by atoms with Crippen LogP contribution in [0.5, 0.6) is 0 Å². The number of benzene rings is 1. The number of aromatic amines is 2. The van der Waals surface area contributed by atoms with Gasteiger partial charge in [0.15, 0.2) is 0 Å². The summed E-state index contributed by atoms with van der Waals surface area (Å²) in [5.41, 5.74) is 8.85. The van der Waals surface area contributed by atoms with Gasteiger partial charge in [-0.05, 0) is 38.0 Å². The zero-order valence-corrected chi connectivity index (χ0v) is 17.6. The van der Waals surface area contributed by atoms with Crippen LogP contribution in [0.3, 0.4) is 0 Å². The molecule has 1 aromatic carbocycles. The van der Waals surface area contributed by atoms with Crippen LogP contribution in [0.4, 0.5) is 11.4 Å². The Hall–Kier alpha value is -2.75. The number of anilines is 2. The molecule has 0 aliphatic carbocycles. The Labute approximate surface area is 181 Å². The van der Waals surface area contributed by atoms with E-state index in [9.17, 15) is 9.59 Å². The van der Waals surface area contributed by atoms with Gasteiger partial charge in [0.25, 0.3) is 5.91 Å². The number of hydrogen-bond donors (Lipinski definition) is 4. The van der Waals surface area contributed by atoms with E-state index in [4.69, 9.17) is 33.4 Å². The summed E-state index contributed by atoms with van der Waals surface area (Å²) in [4.78, 5) is 29.2. The molecule has 2 aromatic heterocycles. The van der Waals surface area contributed by atoms with E-state index in [0.717, 1.165) is 25.1 Å². The Balaban J connectivity index is 1.71. The predicted molar refractivity (Wildman–Crippen MR) is 115 cm³/mol. The highest BCUT2D eigenvalue weighted by Gasteiger charge is 2.23. The zero-order chi connectivity index (χ0) is 21.4. The van der Waals surface area contributed by atoms with Crippen LogP contribution < -0.4 is 21.7 Å². The third kappa shape index (κ3) is 3.96. The third-order valence-electron chi connectivity index (χ3n) is 5.01. The fourth-order valence-electron chi connectivity index (χ4n) is 3.53. The Morgan fingerprint density at radius 1 is 1.37 bits per heavy atom. The molecule has 3 aromatic rings. The Morgan fingerprint density at radius 2 is 2.17 bits per heavy atom. The lowest BCUT2D eigenvalue weighted by Crippen LogP contribution is -2.43. The highest BCUT2D eigenvalue weighted by atomic mass is 35.5. The molecule has 0 bridgehead atoms.